The van der Waals surface area contributed by atoms with Crippen molar-refractivity contribution in [1.29, 1.82) is 0 Å². The maximum Gasteiger partial charge on any atom is 0.165 e. The van der Waals surface area contributed by atoms with Gasteiger partial charge in [0.15, 0.2) is 11.5 Å². The first kappa shape index (κ1) is 20.2. The number of fused-ring (bicyclic) bond motifs is 1. The Morgan fingerprint density at radius 3 is 2.74 bits per heavy atom. The minimum Gasteiger partial charge on any atom is -0.488 e. The van der Waals surface area contributed by atoms with Crippen LogP contribution in [0, 0.1) is 13.8 Å². The van der Waals surface area contributed by atoms with Crippen LogP contribution in [0.2, 0.25) is 0 Å². The first-order valence-electron chi connectivity index (χ1n) is 11.0. The first-order chi connectivity index (χ1) is 15.2. The van der Waals surface area contributed by atoms with E-state index < -0.39 is 0 Å². The van der Waals surface area contributed by atoms with Gasteiger partial charge in [0.05, 0.1) is 19.8 Å². The van der Waals surface area contributed by atoms with E-state index >= 15 is 0 Å². The van der Waals surface area contributed by atoms with Crippen molar-refractivity contribution in [2.75, 3.05) is 26.4 Å². The summed E-state index contributed by atoms with van der Waals surface area (Å²) < 4.78 is 24.0. The van der Waals surface area contributed by atoms with Gasteiger partial charge in [0.2, 0.25) is 0 Å². The van der Waals surface area contributed by atoms with Gasteiger partial charge in [-0.1, -0.05) is 24.3 Å². The van der Waals surface area contributed by atoms with E-state index in [2.05, 4.69) is 54.3 Å². The second kappa shape index (κ2) is 8.77. The number of aryl methyl sites for hydroxylation is 2. The van der Waals surface area contributed by atoms with Gasteiger partial charge in [-0.2, -0.15) is 0 Å². The molecule has 0 saturated carbocycles. The SMILES string of the molecule is Cc1ccc(CN2CCOc3c(cc(-c4ccccc4C)cc3O[C@@H]3CCOC3)C2)o1. The normalized spacial score (nSPS) is 19.0. The molecule has 5 rings (SSSR count). The number of ether oxygens (including phenoxy) is 3. The maximum atomic E-state index is 6.40. The fourth-order valence-electron chi connectivity index (χ4n) is 4.39. The summed E-state index contributed by atoms with van der Waals surface area (Å²) >= 11 is 0. The van der Waals surface area contributed by atoms with E-state index in [1.807, 2.05) is 13.0 Å². The third-order valence-corrected chi connectivity index (χ3v) is 5.99. The second-order valence-corrected chi connectivity index (χ2v) is 8.45. The molecule has 0 unspecified atom stereocenters. The molecule has 0 bridgehead atoms. The molecule has 0 radical (unpaired) electrons. The van der Waals surface area contributed by atoms with Crippen molar-refractivity contribution in [1.82, 2.24) is 4.90 Å². The molecule has 2 aromatic carbocycles. The number of benzene rings is 2. The quantitative estimate of drug-likeness (QED) is 0.574. The summed E-state index contributed by atoms with van der Waals surface area (Å²) in [6, 6.07) is 16.9. The Kier molecular flexibility index (Phi) is 5.70. The lowest BCUT2D eigenvalue weighted by Gasteiger charge is -2.20. The van der Waals surface area contributed by atoms with Crippen molar-refractivity contribution in [3.8, 4) is 22.6 Å². The molecule has 5 heteroatoms. The van der Waals surface area contributed by atoms with E-state index in [1.54, 1.807) is 0 Å². The molecule has 5 nitrogen and oxygen atoms in total. The van der Waals surface area contributed by atoms with Gasteiger partial charge < -0.3 is 18.6 Å². The topological polar surface area (TPSA) is 44.1 Å². The first-order valence-corrected chi connectivity index (χ1v) is 11.0. The molecule has 162 valence electrons. The molecule has 31 heavy (non-hydrogen) atoms. The molecule has 0 spiro atoms. The summed E-state index contributed by atoms with van der Waals surface area (Å²) in [4.78, 5) is 2.37. The van der Waals surface area contributed by atoms with Crippen LogP contribution < -0.4 is 9.47 Å². The average Bonchev–Trinajstić information content (AvgIpc) is 3.36. The van der Waals surface area contributed by atoms with Crippen molar-refractivity contribution < 1.29 is 18.6 Å². The molecular weight excluding hydrogens is 390 g/mol. The van der Waals surface area contributed by atoms with Gasteiger partial charge in [-0.25, -0.2) is 0 Å². The minimum atomic E-state index is 0.0743. The summed E-state index contributed by atoms with van der Waals surface area (Å²) in [6.07, 6.45) is 0.984. The highest BCUT2D eigenvalue weighted by Crippen LogP contribution is 2.40. The highest BCUT2D eigenvalue weighted by Gasteiger charge is 2.25. The van der Waals surface area contributed by atoms with Gasteiger partial charge >= 0.3 is 0 Å². The summed E-state index contributed by atoms with van der Waals surface area (Å²) in [5.74, 6) is 3.61. The maximum absolute atomic E-state index is 6.40. The van der Waals surface area contributed by atoms with Gasteiger partial charge in [0.25, 0.3) is 0 Å². The Balaban J connectivity index is 1.51. The van der Waals surface area contributed by atoms with Crippen LogP contribution in [0.5, 0.6) is 11.5 Å². The molecule has 1 fully saturated rings. The lowest BCUT2D eigenvalue weighted by Crippen LogP contribution is -2.25. The number of nitrogens with zero attached hydrogens (tertiary/aromatic N) is 1. The highest BCUT2D eigenvalue weighted by atomic mass is 16.6. The zero-order chi connectivity index (χ0) is 21.2. The average molecular weight is 420 g/mol. The molecule has 1 atom stereocenters. The fourth-order valence-corrected chi connectivity index (χ4v) is 4.39. The van der Waals surface area contributed by atoms with Crippen LogP contribution in [0.25, 0.3) is 11.1 Å². The number of furan rings is 1. The standard InChI is InChI=1S/C26H29NO4/c1-18-5-3-4-6-24(18)20-13-21-15-27(16-22-8-7-19(2)30-22)10-12-29-26(21)25(14-20)31-23-9-11-28-17-23/h3-8,13-14,23H,9-12,15-17H2,1-2H3/t23-/m1/s1. The van der Waals surface area contributed by atoms with Crippen LogP contribution in [-0.2, 0) is 17.8 Å². The van der Waals surface area contributed by atoms with Crippen molar-refractivity contribution in [3.63, 3.8) is 0 Å². The van der Waals surface area contributed by atoms with E-state index in [-0.39, 0.29) is 6.10 Å². The lowest BCUT2D eigenvalue weighted by molar-refractivity contribution is 0.137. The van der Waals surface area contributed by atoms with E-state index in [1.165, 1.54) is 11.1 Å². The van der Waals surface area contributed by atoms with Crippen molar-refractivity contribution in [2.24, 2.45) is 0 Å². The van der Waals surface area contributed by atoms with E-state index in [9.17, 15) is 0 Å². The summed E-state index contributed by atoms with van der Waals surface area (Å²) in [6.45, 7) is 8.51. The number of hydrogen-bond acceptors (Lipinski definition) is 5. The monoisotopic (exact) mass is 419 g/mol. The smallest absolute Gasteiger partial charge is 0.165 e. The lowest BCUT2D eigenvalue weighted by atomic mass is 9.97. The third kappa shape index (κ3) is 4.48. The zero-order valence-corrected chi connectivity index (χ0v) is 18.2. The molecule has 2 aliphatic rings. The van der Waals surface area contributed by atoms with Crippen LogP contribution in [0.1, 0.15) is 29.1 Å². The van der Waals surface area contributed by atoms with Gasteiger partial charge in [0.1, 0.15) is 24.2 Å². The molecule has 0 N–H and O–H groups in total. The minimum absolute atomic E-state index is 0.0743. The second-order valence-electron chi connectivity index (χ2n) is 8.45. The highest BCUT2D eigenvalue weighted by molar-refractivity contribution is 5.72. The van der Waals surface area contributed by atoms with Crippen LogP contribution in [0.15, 0.2) is 52.9 Å². The van der Waals surface area contributed by atoms with Crippen molar-refractivity contribution >= 4 is 0 Å². The predicted octanol–water partition coefficient (Wildman–Crippen LogP) is 5.13. The van der Waals surface area contributed by atoms with E-state index in [0.717, 1.165) is 66.8 Å². The number of rotatable bonds is 5. The molecule has 0 aliphatic carbocycles. The molecule has 3 heterocycles. The van der Waals surface area contributed by atoms with Gasteiger partial charge in [0, 0.05) is 25.1 Å². The molecule has 1 aromatic heterocycles. The summed E-state index contributed by atoms with van der Waals surface area (Å²) in [7, 11) is 0. The summed E-state index contributed by atoms with van der Waals surface area (Å²) in [5.41, 5.74) is 4.77. The largest absolute Gasteiger partial charge is 0.488 e. The van der Waals surface area contributed by atoms with Gasteiger partial charge in [-0.3, -0.25) is 4.90 Å². The Labute approximate surface area is 183 Å². The summed E-state index contributed by atoms with van der Waals surface area (Å²) in [5, 5.41) is 0. The molecular formula is C26H29NO4. The van der Waals surface area contributed by atoms with E-state index in [4.69, 9.17) is 18.6 Å². The molecule has 3 aromatic rings. The van der Waals surface area contributed by atoms with Crippen LogP contribution >= 0.6 is 0 Å². The fraction of sp³-hybridized carbons (Fsp3) is 0.385. The Hall–Kier alpha value is -2.76. The zero-order valence-electron chi connectivity index (χ0n) is 18.2. The van der Waals surface area contributed by atoms with Gasteiger partial charge in [-0.05, 0) is 54.8 Å². The Morgan fingerprint density at radius 1 is 1.06 bits per heavy atom. The van der Waals surface area contributed by atoms with Crippen LogP contribution in [0.4, 0.5) is 0 Å². The van der Waals surface area contributed by atoms with Crippen molar-refractivity contribution in [3.05, 3.63) is 71.2 Å². The van der Waals surface area contributed by atoms with Crippen LogP contribution in [0.3, 0.4) is 0 Å². The van der Waals surface area contributed by atoms with Crippen molar-refractivity contribution in [2.45, 2.75) is 39.5 Å². The predicted molar refractivity (Wildman–Crippen MR) is 120 cm³/mol. The Bertz CT molecular complexity index is 1050. The van der Waals surface area contributed by atoms with Crippen LogP contribution in [-0.4, -0.2) is 37.4 Å². The third-order valence-electron chi connectivity index (χ3n) is 5.99. The van der Waals surface area contributed by atoms with E-state index in [0.29, 0.717) is 13.2 Å². The number of hydrogen-bond donors (Lipinski definition) is 0. The van der Waals surface area contributed by atoms with Gasteiger partial charge in [-0.15, -0.1) is 0 Å². The molecule has 1 saturated heterocycles. The molecule has 2 aliphatic heterocycles. The molecule has 0 amide bonds. The Morgan fingerprint density at radius 2 is 1.97 bits per heavy atom.